The molecule has 8 aromatic carbocycles. The van der Waals surface area contributed by atoms with Crippen LogP contribution in [0.1, 0.15) is 69.5 Å². The van der Waals surface area contributed by atoms with E-state index in [1.54, 1.807) is 28.1 Å². The van der Waals surface area contributed by atoms with E-state index < -0.39 is 10.8 Å². The molecule has 0 amide bonds. The molecule has 0 aliphatic carbocycles. The first kappa shape index (κ1) is 47.6. The van der Waals surface area contributed by atoms with E-state index in [2.05, 4.69) is 96.9 Å². The Morgan fingerprint density at radius 1 is 0.443 bits per heavy atom. The van der Waals surface area contributed by atoms with E-state index in [1.165, 1.54) is 0 Å². The fourth-order valence-electron chi connectivity index (χ4n) is 8.93. The lowest BCUT2D eigenvalue weighted by atomic mass is 9.67. The van der Waals surface area contributed by atoms with Crippen molar-refractivity contribution in [3.05, 3.63) is 238 Å². The van der Waals surface area contributed by atoms with Crippen molar-refractivity contribution in [3.8, 4) is 94.0 Å². The molecule has 2 aliphatic rings. The van der Waals surface area contributed by atoms with Crippen LogP contribution in [-0.4, -0.2) is 24.4 Å². The summed E-state index contributed by atoms with van der Waals surface area (Å²) >= 11 is 0. The largest absolute Gasteiger partial charge is 0.497 e. The summed E-state index contributed by atoms with van der Waals surface area (Å²) in [6.45, 7) is 3.06. The summed E-state index contributed by atoms with van der Waals surface area (Å²) in [7, 11) is 3.28. The Balaban J connectivity index is 0.00000105. The number of aliphatic hydroxyl groups excluding tert-OH is 2. The standard InChI is InChI=1S/C58H42O6.2C3H4/c1-61-47-23-27-51-55(35-47)63-53-33-41(37-59)13-25-49(53)57(51,31-29-39-9-5-3-6-10-39)45-19-15-43(16-20-45)44-17-21-46(22-18-44)58(32-30-40-11-7-4-8-12-40)50-26-14-42(38-60)34-54(50)64-56-36-48(62-2)24-28-52(56)58;2*1-3-2/h3-28,33-36,59-60H,37-38H2,1-2H3;2*1H,2H3. The molecule has 70 heavy (non-hydrogen) atoms. The summed E-state index contributed by atoms with van der Waals surface area (Å²) < 4.78 is 24.4. The summed E-state index contributed by atoms with van der Waals surface area (Å²) in [4.78, 5) is 0. The number of fused-ring (bicyclic) bond motifs is 4. The van der Waals surface area contributed by atoms with Crippen LogP contribution in [0.5, 0.6) is 34.5 Å². The molecule has 8 aromatic rings. The third-order valence-electron chi connectivity index (χ3n) is 12.2. The van der Waals surface area contributed by atoms with Crippen LogP contribution in [0.2, 0.25) is 0 Å². The van der Waals surface area contributed by atoms with Crippen molar-refractivity contribution in [1.82, 2.24) is 0 Å². The second-order valence-electron chi connectivity index (χ2n) is 16.4. The van der Waals surface area contributed by atoms with Crippen LogP contribution in [0.15, 0.2) is 182 Å². The first-order chi connectivity index (χ1) is 34.3. The Bertz CT molecular complexity index is 3020. The van der Waals surface area contributed by atoms with Gasteiger partial charge in [0, 0.05) is 45.5 Å². The summed E-state index contributed by atoms with van der Waals surface area (Å²) in [5, 5.41) is 20.3. The molecule has 0 aromatic heterocycles. The quantitative estimate of drug-likeness (QED) is 0.155. The lowest BCUT2D eigenvalue weighted by molar-refractivity contribution is 0.281. The zero-order valence-corrected chi connectivity index (χ0v) is 39.4. The maximum Gasteiger partial charge on any atom is 0.136 e. The van der Waals surface area contributed by atoms with Crippen LogP contribution in [0, 0.1) is 48.4 Å². The zero-order valence-electron chi connectivity index (χ0n) is 39.4. The molecule has 2 heterocycles. The number of benzene rings is 8. The first-order valence-electron chi connectivity index (χ1n) is 22.6. The van der Waals surface area contributed by atoms with Crippen molar-refractivity contribution in [2.45, 2.75) is 37.9 Å². The van der Waals surface area contributed by atoms with Crippen LogP contribution in [0.3, 0.4) is 0 Å². The van der Waals surface area contributed by atoms with Crippen molar-refractivity contribution in [2.24, 2.45) is 0 Å². The molecule has 2 unspecified atom stereocenters. The molecular weight excluding hydrogens is 865 g/mol. The number of rotatable bonds is 7. The number of hydrogen-bond donors (Lipinski definition) is 2. The maximum atomic E-state index is 10.1. The minimum atomic E-state index is -0.937. The summed E-state index contributed by atoms with van der Waals surface area (Å²) in [5.41, 5.74) is 8.90. The average Bonchev–Trinajstić information content (AvgIpc) is 3.41. The Morgan fingerprint density at radius 3 is 1.10 bits per heavy atom. The number of terminal acetylenes is 2. The van der Waals surface area contributed by atoms with Gasteiger partial charge in [-0.1, -0.05) is 133 Å². The zero-order chi connectivity index (χ0) is 49.1. The van der Waals surface area contributed by atoms with Crippen molar-refractivity contribution < 1.29 is 29.2 Å². The molecule has 6 nitrogen and oxygen atoms in total. The van der Waals surface area contributed by atoms with Gasteiger partial charge in [0.1, 0.15) is 45.3 Å². The smallest absolute Gasteiger partial charge is 0.136 e. The fourth-order valence-corrected chi connectivity index (χ4v) is 8.93. The average molecular weight is 915 g/mol. The Hall–Kier alpha value is -8.88. The van der Waals surface area contributed by atoms with Crippen LogP contribution < -0.4 is 18.9 Å². The number of aliphatic hydroxyl groups is 2. The minimum Gasteiger partial charge on any atom is -0.497 e. The molecule has 0 radical (unpaired) electrons. The summed E-state index contributed by atoms with van der Waals surface area (Å²) in [5.74, 6) is 22.8. The molecule has 6 heteroatoms. The van der Waals surface area contributed by atoms with E-state index in [9.17, 15) is 10.2 Å². The predicted octanol–water partition coefficient (Wildman–Crippen LogP) is 12.6. The van der Waals surface area contributed by atoms with Gasteiger partial charge >= 0.3 is 0 Å². The molecule has 2 N–H and O–H groups in total. The molecule has 0 bridgehead atoms. The second kappa shape index (κ2) is 21.4. The maximum absolute atomic E-state index is 10.1. The van der Waals surface area contributed by atoms with E-state index in [0.717, 1.165) is 66.8 Å². The van der Waals surface area contributed by atoms with Crippen molar-refractivity contribution in [1.29, 1.82) is 0 Å². The number of methoxy groups -OCH3 is 2. The second-order valence-corrected chi connectivity index (χ2v) is 16.4. The Kier molecular flexibility index (Phi) is 14.5. The monoisotopic (exact) mass is 914 g/mol. The van der Waals surface area contributed by atoms with Crippen molar-refractivity contribution in [3.63, 3.8) is 0 Å². The fraction of sp³-hybridized carbons (Fsp3) is 0.125. The Labute approximate surface area is 411 Å². The lowest BCUT2D eigenvalue weighted by Crippen LogP contribution is -2.31. The molecule has 0 saturated heterocycles. The molecule has 342 valence electrons. The molecule has 0 saturated carbocycles. The molecule has 0 spiro atoms. The van der Waals surface area contributed by atoms with E-state index >= 15 is 0 Å². The first-order valence-corrected chi connectivity index (χ1v) is 22.6. The van der Waals surface area contributed by atoms with E-state index in [-0.39, 0.29) is 13.2 Å². The highest BCUT2D eigenvalue weighted by Gasteiger charge is 2.45. The van der Waals surface area contributed by atoms with Gasteiger partial charge in [-0.3, -0.25) is 0 Å². The summed E-state index contributed by atoms with van der Waals surface area (Å²) in [6, 6.07) is 60.5. The summed E-state index contributed by atoms with van der Waals surface area (Å²) in [6.07, 6.45) is 9.19. The van der Waals surface area contributed by atoms with Gasteiger partial charge in [-0.05, 0) is 108 Å². The van der Waals surface area contributed by atoms with Gasteiger partial charge in [0.2, 0.25) is 0 Å². The normalized spacial score (nSPS) is 15.2. The highest BCUT2D eigenvalue weighted by Crippen LogP contribution is 2.54. The van der Waals surface area contributed by atoms with Crippen molar-refractivity contribution in [2.75, 3.05) is 14.2 Å². The number of hydrogen-bond acceptors (Lipinski definition) is 6. The molecule has 0 fully saturated rings. The van der Waals surface area contributed by atoms with E-state index in [0.29, 0.717) is 34.5 Å². The van der Waals surface area contributed by atoms with Crippen LogP contribution in [0.25, 0.3) is 11.1 Å². The van der Waals surface area contributed by atoms with Crippen LogP contribution in [-0.2, 0) is 24.0 Å². The van der Waals surface area contributed by atoms with Gasteiger partial charge in [0.25, 0.3) is 0 Å². The molecular formula is C64H50O6. The lowest BCUT2D eigenvalue weighted by Gasteiger charge is -2.37. The van der Waals surface area contributed by atoms with Gasteiger partial charge in [0.15, 0.2) is 0 Å². The third-order valence-corrected chi connectivity index (χ3v) is 12.2. The highest BCUT2D eigenvalue weighted by atomic mass is 16.5. The minimum absolute atomic E-state index is 0.120. The van der Waals surface area contributed by atoms with E-state index in [4.69, 9.17) is 18.9 Å². The number of ether oxygens (including phenoxy) is 4. The third kappa shape index (κ3) is 9.23. The molecule has 10 rings (SSSR count). The predicted molar refractivity (Wildman–Crippen MR) is 278 cm³/mol. The van der Waals surface area contributed by atoms with Gasteiger partial charge in [0.05, 0.1) is 27.4 Å². The Morgan fingerprint density at radius 2 is 0.771 bits per heavy atom. The van der Waals surface area contributed by atoms with Crippen molar-refractivity contribution >= 4 is 0 Å². The highest BCUT2D eigenvalue weighted by molar-refractivity contribution is 5.74. The van der Waals surface area contributed by atoms with E-state index in [1.807, 2.05) is 133 Å². The van der Waals surface area contributed by atoms with Crippen LogP contribution in [0.4, 0.5) is 0 Å². The van der Waals surface area contributed by atoms with Gasteiger partial charge in [-0.25, -0.2) is 0 Å². The van der Waals surface area contributed by atoms with Gasteiger partial charge < -0.3 is 29.2 Å². The SMILES string of the molecule is C#CC.C#CC.COc1ccc2c(c1)Oc1cc(CO)ccc1C2(C#Cc1ccccc1)c1ccc(-c2ccc(C3(C#Cc4ccccc4)c4ccc(CO)cc4Oc4cc(OC)ccc43)cc2)cc1. The van der Waals surface area contributed by atoms with Gasteiger partial charge in [-0.2, -0.15) is 0 Å². The topological polar surface area (TPSA) is 77.4 Å². The molecule has 2 aliphatic heterocycles. The van der Waals surface area contributed by atoms with Crippen LogP contribution >= 0.6 is 0 Å². The van der Waals surface area contributed by atoms with Gasteiger partial charge in [-0.15, -0.1) is 24.7 Å². The molecule has 2 atom stereocenters.